The van der Waals surface area contributed by atoms with E-state index in [0.717, 1.165) is 32.5 Å². The van der Waals surface area contributed by atoms with Gasteiger partial charge < -0.3 is 21.3 Å². The van der Waals surface area contributed by atoms with Gasteiger partial charge in [0, 0.05) is 25.7 Å². The standard InChI is InChI=1S/C16H32N4O2.2ClH/c1-11(2)10-20-7-5-13(6-8-20)19-14(21)9-18-16(22)15(17)12(3)4;;/h11-13,15H,5-10,17H2,1-4H3,(H,18,22)(H,19,21);2*1H/t15-;;/m0../s1. The molecule has 0 unspecified atom stereocenters. The number of amides is 2. The van der Waals surface area contributed by atoms with Gasteiger partial charge in [-0.2, -0.15) is 0 Å². The van der Waals surface area contributed by atoms with Crippen molar-refractivity contribution >= 4 is 36.6 Å². The van der Waals surface area contributed by atoms with Crippen LogP contribution in [0, 0.1) is 11.8 Å². The number of nitrogens with one attached hydrogen (secondary N) is 2. The van der Waals surface area contributed by atoms with E-state index in [4.69, 9.17) is 5.73 Å². The maximum absolute atomic E-state index is 11.9. The number of carbonyl (C=O) groups is 2. The molecule has 1 aliphatic rings. The third kappa shape index (κ3) is 9.67. The number of rotatable bonds is 7. The Morgan fingerprint density at radius 3 is 2.12 bits per heavy atom. The van der Waals surface area contributed by atoms with Gasteiger partial charge in [-0.1, -0.05) is 27.7 Å². The van der Waals surface area contributed by atoms with Crippen molar-refractivity contribution in [1.82, 2.24) is 15.5 Å². The summed E-state index contributed by atoms with van der Waals surface area (Å²) in [7, 11) is 0. The summed E-state index contributed by atoms with van der Waals surface area (Å²) in [6.07, 6.45) is 1.94. The molecule has 6 nitrogen and oxygen atoms in total. The number of hydrogen-bond donors (Lipinski definition) is 3. The van der Waals surface area contributed by atoms with Crippen molar-refractivity contribution in [3.05, 3.63) is 0 Å². The van der Waals surface area contributed by atoms with E-state index >= 15 is 0 Å². The van der Waals surface area contributed by atoms with E-state index in [1.54, 1.807) is 0 Å². The number of likely N-dealkylation sites (tertiary alicyclic amines) is 1. The van der Waals surface area contributed by atoms with Gasteiger partial charge in [0.15, 0.2) is 0 Å². The van der Waals surface area contributed by atoms with Crippen molar-refractivity contribution in [2.75, 3.05) is 26.2 Å². The molecule has 1 heterocycles. The Labute approximate surface area is 158 Å². The smallest absolute Gasteiger partial charge is 0.239 e. The summed E-state index contributed by atoms with van der Waals surface area (Å²) in [6.45, 7) is 11.4. The number of hydrogen-bond acceptors (Lipinski definition) is 4. The van der Waals surface area contributed by atoms with Crippen molar-refractivity contribution in [2.24, 2.45) is 17.6 Å². The zero-order valence-electron chi connectivity index (χ0n) is 15.2. The Kier molecular flexibility index (Phi) is 13.6. The Bertz CT molecular complexity index is 373. The second kappa shape index (κ2) is 12.8. The average molecular weight is 385 g/mol. The van der Waals surface area contributed by atoms with Crippen LogP contribution in [0.15, 0.2) is 0 Å². The molecule has 0 bridgehead atoms. The van der Waals surface area contributed by atoms with Crippen molar-refractivity contribution in [1.29, 1.82) is 0 Å². The normalized spacial score (nSPS) is 17.0. The summed E-state index contributed by atoms with van der Waals surface area (Å²) in [6, 6.07) is -0.348. The van der Waals surface area contributed by atoms with Gasteiger partial charge in [0.25, 0.3) is 0 Å². The van der Waals surface area contributed by atoms with E-state index < -0.39 is 6.04 Å². The molecule has 1 atom stereocenters. The topological polar surface area (TPSA) is 87.5 Å². The minimum Gasteiger partial charge on any atom is -0.352 e. The third-order valence-corrected chi connectivity index (χ3v) is 4.02. The fraction of sp³-hybridized carbons (Fsp3) is 0.875. The predicted octanol–water partition coefficient (Wildman–Crippen LogP) is 1.17. The summed E-state index contributed by atoms with van der Waals surface area (Å²) in [4.78, 5) is 26.0. The van der Waals surface area contributed by atoms with Gasteiger partial charge >= 0.3 is 0 Å². The van der Waals surface area contributed by atoms with Crippen LogP contribution in [-0.2, 0) is 9.59 Å². The fourth-order valence-corrected chi connectivity index (χ4v) is 2.64. The summed E-state index contributed by atoms with van der Waals surface area (Å²) < 4.78 is 0. The first-order valence-corrected chi connectivity index (χ1v) is 8.34. The minimum absolute atomic E-state index is 0. The van der Waals surface area contributed by atoms with Crippen LogP contribution in [0.4, 0.5) is 0 Å². The van der Waals surface area contributed by atoms with Crippen LogP contribution in [-0.4, -0.2) is 55.0 Å². The monoisotopic (exact) mass is 384 g/mol. The lowest BCUT2D eigenvalue weighted by atomic mass is 10.0. The lowest BCUT2D eigenvalue weighted by Gasteiger charge is -2.33. The first-order valence-electron chi connectivity index (χ1n) is 8.34. The lowest BCUT2D eigenvalue weighted by Crippen LogP contribution is -2.50. The van der Waals surface area contributed by atoms with Gasteiger partial charge in [-0.15, -0.1) is 24.8 Å². The molecule has 144 valence electrons. The molecule has 0 radical (unpaired) electrons. The second-order valence-electron chi connectivity index (χ2n) is 7.02. The van der Waals surface area contributed by atoms with Crippen LogP contribution in [0.1, 0.15) is 40.5 Å². The minimum atomic E-state index is -0.563. The van der Waals surface area contributed by atoms with Gasteiger partial charge in [0.05, 0.1) is 12.6 Å². The molecule has 1 aliphatic heterocycles. The molecule has 1 fully saturated rings. The molecule has 0 aromatic rings. The van der Waals surface area contributed by atoms with E-state index in [0.29, 0.717) is 5.92 Å². The molecule has 0 spiro atoms. The maximum atomic E-state index is 11.9. The first kappa shape index (κ1) is 25.7. The molecule has 1 rings (SSSR count). The lowest BCUT2D eigenvalue weighted by molar-refractivity contribution is -0.127. The second-order valence-corrected chi connectivity index (χ2v) is 7.02. The highest BCUT2D eigenvalue weighted by Gasteiger charge is 2.22. The Morgan fingerprint density at radius 2 is 1.67 bits per heavy atom. The van der Waals surface area contributed by atoms with Crippen molar-refractivity contribution in [3.8, 4) is 0 Å². The van der Waals surface area contributed by atoms with Gasteiger partial charge in [-0.25, -0.2) is 0 Å². The largest absolute Gasteiger partial charge is 0.352 e. The van der Waals surface area contributed by atoms with Crippen molar-refractivity contribution in [2.45, 2.75) is 52.6 Å². The molecule has 0 aromatic carbocycles. The van der Waals surface area contributed by atoms with Crippen LogP contribution in [0.3, 0.4) is 0 Å². The van der Waals surface area contributed by atoms with Crippen molar-refractivity contribution in [3.63, 3.8) is 0 Å². The number of nitrogens with zero attached hydrogens (tertiary/aromatic N) is 1. The molecule has 8 heteroatoms. The molecule has 4 N–H and O–H groups in total. The summed E-state index contributed by atoms with van der Waals surface area (Å²) in [5, 5.41) is 5.60. The third-order valence-electron chi connectivity index (χ3n) is 4.02. The van der Waals surface area contributed by atoms with E-state index in [2.05, 4.69) is 29.4 Å². The Hall–Kier alpha value is -0.560. The van der Waals surface area contributed by atoms with Gasteiger partial charge in [-0.3, -0.25) is 9.59 Å². The highest BCUT2D eigenvalue weighted by molar-refractivity contribution is 5.87. The molecule has 2 amide bonds. The van der Waals surface area contributed by atoms with Crippen LogP contribution in [0.5, 0.6) is 0 Å². The fourth-order valence-electron chi connectivity index (χ4n) is 2.64. The highest BCUT2D eigenvalue weighted by Crippen LogP contribution is 2.11. The quantitative estimate of drug-likeness (QED) is 0.614. The van der Waals surface area contributed by atoms with Gasteiger partial charge in [0.2, 0.25) is 11.8 Å². The van der Waals surface area contributed by atoms with E-state index in [9.17, 15) is 9.59 Å². The highest BCUT2D eigenvalue weighted by atomic mass is 35.5. The SMILES string of the molecule is CC(C)CN1CCC(NC(=O)CNC(=O)[C@@H](N)C(C)C)CC1.Cl.Cl. The van der Waals surface area contributed by atoms with E-state index in [1.165, 1.54) is 0 Å². The first-order chi connectivity index (χ1) is 10.3. The zero-order chi connectivity index (χ0) is 16.7. The molecule has 0 saturated carbocycles. The van der Waals surface area contributed by atoms with Crippen LogP contribution in [0.25, 0.3) is 0 Å². The van der Waals surface area contributed by atoms with Crippen molar-refractivity contribution < 1.29 is 9.59 Å². The van der Waals surface area contributed by atoms with Gasteiger partial charge in [-0.05, 0) is 24.7 Å². The number of halogens is 2. The molecular formula is C16H34Cl2N4O2. The summed E-state index contributed by atoms with van der Waals surface area (Å²) in [5.74, 6) is 0.336. The molecule has 1 saturated heterocycles. The number of piperidine rings is 1. The van der Waals surface area contributed by atoms with Gasteiger partial charge in [0.1, 0.15) is 0 Å². The summed E-state index contributed by atoms with van der Waals surface area (Å²) >= 11 is 0. The number of carbonyl (C=O) groups excluding carboxylic acids is 2. The number of nitrogens with two attached hydrogens (primary N) is 1. The zero-order valence-corrected chi connectivity index (χ0v) is 16.8. The van der Waals surface area contributed by atoms with Crippen LogP contribution >= 0.6 is 24.8 Å². The predicted molar refractivity (Wildman–Crippen MR) is 103 cm³/mol. The summed E-state index contributed by atoms with van der Waals surface area (Å²) in [5.41, 5.74) is 5.74. The maximum Gasteiger partial charge on any atom is 0.239 e. The van der Waals surface area contributed by atoms with Crippen LogP contribution in [0.2, 0.25) is 0 Å². The van der Waals surface area contributed by atoms with E-state index in [-0.39, 0.29) is 55.1 Å². The Morgan fingerprint density at radius 1 is 1.12 bits per heavy atom. The average Bonchev–Trinajstić information content (AvgIpc) is 2.45. The molecule has 0 aromatic heterocycles. The molecule has 0 aliphatic carbocycles. The molecular weight excluding hydrogens is 351 g/mol. The molecule has 24 heavy (non-hydrogen) atoms. The van der Waals surface area contributed by atoms with Crippen LogP contribution < -0.4 is 16.4 Å². The Balaban J connectivity index is 0. The van der Waals surface area contributed by atoms with E-state index in [1.807, 2.05) is 13.8 Å².